The van der Waals surface area contributed by atoms with Crippen molar-refractivity contribution < 1.29 is 4.79 Å². The number of nitrogens with zero attached hydrogens (tertiary/aromatic N) is 6. The van der Waals surface area contributed by atoms with Crippen molar-refractivity contribution in [3.05, 3.63) is 48.3 Å². The van der Waals surface area contributed by atoms with E-state index in [0.29, 0.717) is 11.5 Å². The Morgan fingerprint density at radius 1 is 1.39 bits per heavy atom. The lowest BCUT2D eigenvalue weighted by Crippen LogP contribution is -2.38. The lowest BCUT2D eigenvalue weighted by molar-refractivity contribution is 0.0716. The van der Waals surface area contributed by atoms with Crippen LogP contribution in [0.4, 0.5) is 0 Å². The standard InChI is InChI=1S/C16H18N6O/c1-12-8-18-21(9-12)10-13-4-2-7-22(13)15(23)14-11-20-6-3-5-17-16(20)19-14/h3,5-6,8-9,11,13H,2,4,7,10H2,1H3/t13-/m1/s1. The average molecular weight is 310 g/mol. The first-order chi connectivity index (χ1) is 11.2. The summed E-state index contributed by atoms with van der Waals surface area (Å²) in [5, 5.41) is 4.33. The maximum atomic E-state index is 12.8. The number of fused-ring (bicyclic) bond motifs is 1. The summed E-state index contributed by atoms with van der Waals surface area (Å²) in [5.74, 6) is 0.524. The monoisotopic (exact) mass is 310 g/mol. The van der Waals surface area contributed by atoms with Crippen LogP contribution in [-0.2, 0) is 6.54 Å². The van der Waals surface area contributed by atoms with Crippen molar-refractivity contribution in [3.63, 3.8) is 0 Å². The van der Waals surface area contributed by atoms with E-state index in [1.165, 1.54) is 0 Å². The molecule has 0 saturated carbocycles. The highest BCUT2D eigenvalue weighted by Crippen LogP contribution is 2.21. The molecule has 1 amide bonds. The topological polar surface area (TPSA) is 68.3 Å². The van der Waals surface area contributed by atoms with Gasteiger partial charge in [-0.25, -0.2) is 9.97 Å². The lowest BCUT2D eigenvalue weighted by Gasteiger charge is -2.23. The average Bonchev–Trinajstić information content (AvgIpc) is 3.26. The van der Waals surface area contributed by atoms with Crippen molar-refractivity contribution in [2.45, 2.75) is 32.4 Å². The lowest BCUT2D eigenvalue weighted by atomic mass is 10.2. The van der Waals surface area contributed by atoms with E-state index in [-0.39, 0.29) is 11.9 Å². The van der Waals surface area contributed by atoms with E-state index < -0.39 is 0 Å². The molecule has 1 fully saturated rings. The Kier molecular flexibility index (Phi) is 3.33. The number of rotatable bonds is 3. The van der Waals surface area contributed by atoms with Crippen LogP contribution in [0.3, 0.4) is 0 Å². The van der Waals surface area contributed by atoms with E-state index >= 15 is 0 Å². The molecule has 0 aromatic carbocycles. The Morgan fingerprint density at radius 3 is 3.09 bits per heavy atom. The molecule has 4 rings (SSSR count). The predicted octanol–water partition coefficient (Wildman–Crippen LogP) is 1.54. The van der Waals surface area contributed by atoms with Gasteiger partial charge < -0.3 is 4.90 Å². The molecule has 118 valence electrons. The van der Waals surface area contributed by atoms with Gasteiger partial charge in [0.2, 0.25) is 5.78 Å². The van der Waals surface area contributed by atoms with Crippen molar-refractivity contribution in [1.29, 1.82) is 0 Å². The molecule has 4 heterocycles. The molecule has 0 bridgehead atoms. The van der Waals surface area contributed by atoms with Crippen molar-refractivity contribution in [2.75, 3.05) is 6.54 Å². The third-order valence-corrected chi connectivity index (χ3v) is 4.25. The minimum Gasteiger partial charge on any atom is -0.332 e. The molecule has 0 N–H and O–H groups in total. The molecular weight excluding hydrogens is 292 g/mol. The van der Waals surface area contributed by atoms with Gasteiger partial charge in [-0.15, -0.1) is 0 Å². The van der Waals surface area contributed by atoms with E-state index in [2.05, 4.69) is 15.1 Å². The molecule has 1 aliphatic heterocycles. The molecule has 1 atom stereocenters. The van der Waals surface area contributed by atoms with Gasteiger partial charge in [0.15, 0.2) is 0 Å². The zero-order valence-electron chi connectivity index (χ0n) is 13.0. The number of carbonyl (C=O) groups is 1. The third-order valence-electron chi connectivity index (χ3n) is 4.25. The van der Waals surface area contributed by atoms with Crippen molar-refractivity contribution >= 4 is 11.7 Å². The number of hydrogen-bond acceptors (Lipinski definition) is 4. The van der Waals surface area contributed by atoms with Crippen LogP contribution in [0.15, 0.2) is 37.1 Å². The second kappa shape index (κ2) is 5.49. The molecule has 0 aliphatic carbocycles. The van der Waals surface area contributed by atoms with Gasteiger partial charge in [-0.1, -0.05) is 0 Å². The highest BCUT2D eigenvalue weighted by atomic mass is 16.2. The van der Waals surface area contributed by atoms with Crippen LogP contribution in [0.1, 0.15) is 28.9 Å². The van der Waals surface area contributed by atoms with E-state index in [4.69, 9.17) is 0 Å². The Morgan fingerprint density at radius 2 is 2.30 bits per heavy atom. The fraction of sp³-hybridized carbons (Fsp3) is 0.375. The second-order valence-corrected chi connectivity index (χ2v) is 5.99. The smallest absolute Gasteiger partial charge is 0.274 e. The van der Waals surface area contributed by atoms with Gasteiger partial charge in [0.1, 0.15) is 5.69 Å². The SMILES string of the molecule is Cc1cnn(C[C@H]2CCCN2C(=O)c2cn3cccnc3n2)c1. The number of likely N-dealkylation sites (tertiary alicyclic amines) is 1. The maximum absolute atomic E-state index is 12.8. The largest absolute Gasteiger partial charge is 0.332 e. The van der Waals surface area contributed by atoms with Crippen molar-refractivity contribution in [1.82, 2.24) is 29.0 Å². The summed E-state index contributed by atoms with van der Waals surface area (Å²) in [6, 6.07) is 1.99. The summed E-state index contributed by atoms with van der Waals surface area (Å²) in [6.45, 7) is 3.51. The fourth-order valence-electron chi connectivity index (χ4n) is 3.16. The number of carbonyl (C=O) groups excluding carboxylic acids is 1. The molecule has 1 saturated heterocycles. The summed E-state index contributed by atoms with van der Waals surface area (Å²) in [5.41, 5.74) is 1.58. The minimum atomic E-state index is -0.0260. The highest BCUT2D eigenvalue weighted by molar-refractivity contribution is 5.93. The van der Waals surface area contributed by atoms with E-state index in [9.17, 15) is 4.79 Å². The first kappa shape index (κ1) is 13.9. The van der Waals surface area contributed by atoms with Crippen LogP contribution in [0, 0.1) is 6.92 Å². The molecular formula is C16H18N6O. The summed E-state index contributed by atoms with van der Waals surface area (Å²) >= 11 is 0. The van der Waals surface area contributed by atoms with Crippen molar-refractivity contribution in [3.8, 4) is 0 Å². The normalized spacial score (nSPS) is 18.0. The van der Waals surface area contributed by atoms with E-state index in [1.807, 2.05) is 41.2 Å². The van der Waals surface area contributed by atoms with Crippen LogP contribution >= 0.6 is 0 Å². The molecule has 3 aromatic heterocycles. The van der Waals surface area contributed by atoms with Gasteiger partial charge in [0.25, 0.3) is 5.91 Å². The van der Waals surface area contributed by atoms with Crippen LogP contribution in [0.25, 0.3) is 5.78 Å². The molecule has 23 heavy (non-hydrogen) atoms. The summed E-state index contributed by atoms with van der Waals surface area (Å²) < 4.78 is 3.69. The Labute approximate surface area is 133 Å². The first-order valence-corrected chi connectivity index (χ1v) is 7.80. The number of aryl methyl sites for hydroxylation is 1. The molecule has 3 aromatic rings. The van der Waals surface area contributed by atoms with Crippen LogP contribution < -0.4 is 0 Å². The molecule has 0 spiro atoms. The zero-order valence-corrected chi connectivity index (χ0v) is 13.0. The van der Waals surface area contributed by atoms with Crippen LogP contribution in [0.5, 0.6) is 0 Å². The van der Waals surface area contributed by atoms with Crippen LogP contribution in [-0.4, -0.2) is 47.5 Å². The summed E-state index contributed by atoms with van der Waals surface area (Å²) in [4.78, 5) is 23.2. The van der Waals surface area contributed by atoms with Gasteiger partial charge in [-0.2, -0.15) is 5.10 Å². The Balaban J connectivity index is 1.56. The number of aromatic nitrogens is 5. The zero-order chi connectivity index (χ0) is 15.8. The molecule has 0 unspecified atom stereocenters. The van der Waals surface area contributed by atoms with Gasteiger partial charge in [0.05, 0.1) is 18.8 Å². The van der Waals surface area contributed by atoms with Gasteiger partial charge >= 0.3 is 0 Å². The minimum absolute atomic E-state index is 0.0260. The molecule has 1 aliphatic rings. The van der Waals surface area contributed by atoms with Crippen LogP contribution in [0.2, 0.25) is 0 Å². The maximum Gasteiger partial charge on any atom is 0.274 e. The Hall–Kier alpha value is -2.70. The summed E-state index contributed by atoms with van der Waals surface area (Å²) in [6.07, 6.45) is 11.1. The quantitative estimate of drug-likeness (QED) is 0.736. The molecule has 0 radical (unpaired) electrons. The summed E-state index contributed by atoms with van der Waals surface area (Å²) in [7, 11) is 0. The Bertz CT molecular complexity index is 818. The number of hydrogen-bond donors (Lipinski definition) is 0. The predicted molar refractivity (Wildman–Crippen MR) is 84.0 cm³/mol. The van der Waals surface area contributed by atoms with Gasteiger partial charge in [0, 0.05) is 31.3 Å². The fourth-order valence-corrected chi connectivity index (χ4v) is 3.16. The molecule has 7 heteroatoms. The highest BCUT2D eigenvalue weighted by Gasteiger charge is 2.31. The van der Waals surface area contributed by atoms with Gasteiger partial charge in [-0.3, -0.25) is 13.9 Å². The second-order valence-electron chi connectivity index (χ2n) is 5.99. The molecule has 7 nitrogen and oxygen atoms in total. The number of amides is 1. The van der Waals surface area contributed by atoms with Gasteiger partial charge in [-0.05, 0) is 31.4 Å². The van der Waals surface area contributed by atoms with E-state index in [0.717, 1.165) is 31.5 Å². The van der Waals surface area contributed by atoms with E-state index in [1.54, 1.807) is 16.8 Å². The number of imidazole rings is 1. The first-order valence-electron chi connectivity index (χ1n) is 7.80. The third kappa shape index (κ3) is 2.58. The van der Waals surface area contributed by atoms with Crippen molar-refractivity contribution in [2.24, 2.45) is 0 Å².